The molecule has 31 heavy (non-hydrogen) atoms. The van der Waals surface area contributed by atoms with Crippen LogP contribution in [0.2, 0.25) is 0 Å². The first-order valence-corrected chi connectivity index (χ1v) is 11.9. The molecule has 0 radical (unpaired) electrons. The normalized spacial score (nSPS) is 11.2. The third-order valence-corrected chi connectivity index (χ3v) is 6.48. The van der Waals surface area contributed by atoms with Gasteiger partial charge in [-0.25, -0.2) is 8.42 Å². The quantitative estimate of drug-likeness (QED) is 0.476. The van der Waals surface area contributed by atoms with E-state index in [0.29, 0.717) is 16.8 Å². The van der Waals surface area contributed by atoms with Gasteiger partial charge in [0.05, 0.1) is 10.6 Å². The van der Waals surface area contributed by atoms with E-state index in [1.807, 2.05) is 31.2 Å². The second-order valence-electron chi connectivity index (χ2n) is 7.70. The number of aryl methyl sites for hydroxylation is 3. The van der Waals surface area contributed by atoms with Crippen LogP contribution < -0.4 is 10.0 Å². The number of anilines is 2. The maximum Gasteiger partial charge on any atom is 0.261 e. The van der Waals surface area contributed by atoms with Crippen LogP contribution in [-0.2, 0) is 16.4 Å². The minimum absolute atomic E-state index is 0.196. The predicted octanol–water partition coefficient (Wildman–Crippen LogP) is 5.70. The van der Waals surface area contributed by atoms with Gasteiger partial charge in [-0.3, -0.25) is 9.52 Å². The lowest BCUT2D eigenvalue weighted by atomic mass is 10.1. The standard InChI is InChI=1S/C25H28N2O3S/c1-4-5-6-20-9-12-22(13-10-20)26-25(28)21-11-16-24(19(3)17-21)27-31(29,30)23-14-7-18(2)8-15-23/h7-17,27H,4-6H2,1-3H3,(H,26,28). The predicted molar refractivity (Wildman–Crippen MR) is 126 cm³/mol. The lowest BCUT2D eigenvalue weighted by molar-refractivity contribution is 0.102. The van der Waals surface area contributed by atoms with E-state index in [-0.39, 0.29) is 10.8 Å². The van der Waals surface area contributed by atoms with E-state index < -0.39 is 10.0 Å². The molecule has 0 aliphatic carbocycles. The van der Waals surface area contributed by atoms with Crippen LogP contribution in [0.1, 0.15) is 46.8 Å². The monoisotopic (exact) mass is 436 g/mol. The smallest absolute Gasteiger partial charge is 0.261 e. The van der Waals surface area contributed by atoms with Crippen molar-refractivity contribution in [3.63, 3.8) is 0 Å². The first-order chi connectivity index (χ1) is 14.8. The zero-order valence-electron chi connectivity index (χ0n) is 18.1. The summed E-state index contributed by atoms with van der Waals surface area (Å²) in [5.74, 6) is -0.239. The van der Waals surface area contributed by atoms with E-state index in [1.165, 1.54) is 5.56 Å². The number of hydrogen-bond donors (Lipinski definition) is 2. The summed E-state index contributed by atoms with van der Waals surface area (Å²) >= 11 is 0. The highest BCUT2D eigenvalue weighted by Crippen LogP contribution is 2.22. The molecule has 2 N–H and O–H groups in total. The second-order valence-corrected chi connectivity index (χ2v) is 9.39. The molecule has 162 valence electrons. The van der Waals surface area contributed by atoms with Crippen molar-refractivity contribution in [1.82, 2.24) is 0 Å². The number of unbranched alkanes of at least 4 members (excludes halogenated alkanes) is 1. The van der Waals surface area contributed by atoms with Crippen molar-refractivity contribution in [2.75, 3.05) is 10.0 Å². The largest absolute Gasteiger partial charge is 0.322 e. The van der Waals surface area contributed by atoms with Gasteiger partial charge in [0.25, 0.3) is 15.9 Å². The van der Waals surface area contributed by atoms with Crippen LogP contribution in [0, 0.1) is 13.8 Å². The fourth-order valence-corrected chi connectivity index (χ4v) is 4.31. The Morgan fingerprint density at radius 2 is 1.58 bits per heavy atom. The Kier molecular flexibility index (Phi) is 7.13. The molecule has 0 atom stereocenters. The Bertz CT molecular complexity index is 1150. The lowest BCUT2D eigenvalue weighted by Gasteiger charge is -2.12. The van der Waals surface area contributed by atoms with E-state index in [0.717, 1.165) is 30.5 Å². The molecular formula is C25H28N2O3S. The Morgan fingerprint density at radius 3 is 2.19 bits per heavy atom. The molecule has 6 heteroatoms. The summed E-state index contributed by atoms with van der Waals surface area (Å²) in [5, 5.41) is 2.89. The van der Waals surface area contributed by atoms with Gasteiger partial charge in [0, 0.05) is 11.3 Å². The molecule has 0 saturated heterocycles. The molecule has 3 aromatic carbocycles. The molecule has 1 amide bonds. The number of amides is 1. The van der Waals surface area contributed by atoms with Crippen molar-refractivity contribution in [2.45, 2.75) is 44.9 Å². The highest BCUT2D eigenvalue weighted by molar-refractivity contribution is 7.92. The minimum atomic E-state index is -3.70. The summed E-state index contributed by atoms with van der Waals surface area (Å²) < 4.78 is 27.9. The summed E-state index contributed by atoms with van der Waals surface area (Å²) in [4.78, 5) is 12.8. The molecule has 0 spiro atoms. The third-order valence-electron chi connectivity index (χ3n) is 5.10. The van der Waals surface area contributed by atoms with E-state index in [4.69, 9.17) is 0 Å². The van der Waals surface area contributed by atoms with Gasteiger partial charge in [-0.05, 0) is 80.3 Å². The molecule has 0 aliphatic heterocycles. The van der Waals surface area contributed by atoms with E-state index in [9.17, 15) is 13.2 Å². The van der Waals surface area contributed by atoms with Crippen molar-refractivity contribution in [3.05, 3.63) is 89.0 Å². The molecule has 0 bridgehead atoms. The van der Waals surface area contributed by atoms with Gasteiger partial charge in [-0.2, -0.15) is 0 Å². The van der Waals surface area contributed by atoms with Crippen LogP contribution in [0.15, 0.2) is 71.6 Å². The van der Waals surface area contributed by atoms with Crippen LogP contribution in [0.4, 0.5) is 11.4 Å². The van der Waals surface area contributed by atoms with Gasteiger partial charge in [0.2, 0.25) is 0 Å². The van der Waals surface area contributed by atoms with Crippen molar-refractivity contribution >= 4 is 27.3 Å². The molecule has 0 aromatic heterocycles. The molecule has 0 unspecified atom stereocenters. The topological polar surface area (TPSA) is 75.3 Å². The first kappa shape index (κ1) is 22.6. The van der Waals surface area contributed by atoms with Gasteiger partial charge in [0.1, 0.15) is 0 Å². The average molecular weight is 437 g/mol. The van der Waals surface area contributed by atoms with Gasteiger partial charge in [-0.1, -0.05) is 43.2 Å². The first-order valence-electron chi connectivity index (χ1n) is 10.4. The maximum absolute atomic E-state index is 12.6. The number of hydrogen-bond acceptors (Lipinski definition) is 3. The fourth-order valence-electron chi connectivity index (χ4n) is 3.18. The highest BCUT2D eigenvalue weighted by Gasteiger charge is 2.16. The summed E-state index contributed by atoms with van der Waals surface area (Å²) in [6.07, 6.45) is 3.32. The summed E-state index contributed by atoms with van der Waals surface area (Å²) in [7, 11) is -3.70. The number of sulfonamides is 1. The number of carbonyl (C=O) groups excluding carboxylic acids is 1. The van der Waals surface area contributed by atoms with Crippen LogP contribution >= 0.6 is 0 Å². The summed E-state index contributed by atoms with van der Waals surface area (Å²) in [6.45, 7) is 5.83. The molecule has 0 fully saturated rings. The lowest BCUT2D eigenvalue weighted by Crippen LogP contribution is -2.15. The van der Waals surface area contributed by atoms with Crippen molar-refractivity contribution in [2.24, 2.45) is 0 Å². The zero-order valence-corrected chi connectivity index (χ0v) is 18.9. The average Bonchev–Trinajstić information content (AvgIpc) is 2.75. The van der Waals surface area contributed by atoms with Crippen LogP contribution in [-0.4, -0.2) is 14.3 Å². The van der Waals surface area contributed by atoms with E-state index in [2.05, 4.69) is 17.0 Å². The molecule has 3 rings (SSSR count). The van der Waals surface area contributed by atoms with Gasteiger partial charge < -0.3 is 5.32 Å². The Morgan fingerprint density at radius 1 is 0.903 bits per heavy atom. The minimum Gasteiger partial charge on any atom is -0.322 e. The Labute approximate surface area is 184 Å². The number of carbonyl (C=O) groups is 1. The Balaban J connectivity index is 1.69. The number of rotatable bonds is 8. The molecule has 0 aliphatic rings. The fraction of sp³-hybridized carbons (Fsp3) is 0.240. The third kappa shape index (κ3) is 5.95. The van der Waals surface area contributed by atoms with Gasteiger partial charge >= 0.3 is 0 Å². The van der Waals surface area contributed by atoms with Crippen LogP contribution in [0.25, 0.3) is 0 Å². The molecule has 3 aromatic rings. The van der Waals surface area contributed by atoms with E-state index >= 15 is 0 Å². The van der Waals surface area contributed by atoms with Crippen LogP contribution in [0.5, 0.6) is 0 Å². The van der Waals surface area contributed by atoms with Crippen molar-refractivity contribution < 1.29 is 13.2 Å². The maximum atomic E-state index is 12.6. The van der Waals surface area contributed by atoms with Crippen LogP contribution in [0.3, 0.4) is 0 Å². The number of nitrogens with one attached hydrogen (secondary N) is 2. The SMILES string of the molecule is CCCCc1ccc(NC(=O)c2ccc(NS(=O)(=O)c3ccc(C)cc3)c(C)c2)cc1. The summed E-state index contributed by atoms with van der Waals surface area (Å²) in [6, 6.07) is 19.4. The Hall–Kier alpha value is -3.12. The zero-order chi connectivity index (χ0) is 22.4. The highest BCUT2D eigenvalue weighted by atomic mass is 32.2. The van der Waals surface area contributed by atoms with Crippen molar-refractivity contribution in [1.29, 1.82) is 0 Å². The van der Waals surface area contributed by atoms with Gasteiger partial charge in [-0.15, -0.1) is 0 Å². The molecule has 0 heterocycles. The van der Waals surface area contributed by atoms with Crippen molar-refractivity contribution in [3.8, 4) is 0 Å². The van der Waals surface area contributed by atoms with Gasteiger partial charge in [0.15, 0.2) is 0 Å². The molecule has 5 nitrogen and oxygen atoms in total. The summed E-state index contributed by atoms with van der Waals surface area (Å²) in [5.41, 5.74) is 4.54. The second kappa shape index (κ2) is 9.79. The number of benzene rings is 3. The van der Waals surface area contributed by atoms with E-state index in [1.54, 1.807) is 49.4 Å². The molecule has 0 saturated carbocycles. The molecular weight excluding hydrogens is 408 g/mol.